The van der Waals surface area contributed by atoms with Gasteiger partial charge in [0.1, 0.15) is 17.2 Å². The number of unbranched alkanes of at least 4 members (excludes halogenated alkanes) is 1. The highest BCUT2D eigenvalue weighted by molar-refractivity contribution is 7.99. The molecule has 28 heavy (non-hydrogen) atoms. The molecular formula is C20H30N2O4S2. The van der Waals surface area contributed by atoms with Crippen molar-refractivity contribution in [1.82, 2.24) is 4.98 Å². The molecule has 0 saturated carbocycles. The summed E-state index contributed by atoms with van der Waals surface area (Å²) in [5, 5.41) is 9.85. The van der Waals surface area contributed by atoms with Crippen LogP contribution < -0.4 is 0 Å². The maximum atomic E-state index is 12.3. The lowest BCUT2D eigenvalue weighted by Crippen LogP contribution is -2.31. The van der Waals surface area contributed by atoms with Crippen molar-refractivity contribution in [3.63, 3.8) is 0 Å². The fourth-order valence-corrected chi connectivity index (χ4v) is 4.64. The van der Waals surface area contributed by atoms with Gasteiger partial charge in [0.2, 0.25) is 0 Å². The lowest BCUT2D eigenvalue weighted by Gasteiger charge is -2.19. The molecule has 1 rings (SSSR count). The van der Waals surface area contributed by atoms with Gasteiger partial charge in [-0.05, 0) is 45.7 Å². The minimum Gasteiger partial charge on any atom is -0.458 e. The standard InChI is InChI=1S/C20H30N2O4S2/c1-6-7-8-28(24)13-17(11-25-14(2)3)26-19(23)12-27-20-18(10-21)15(4)9-16(5)22-20/h9,14,17H,6-8,11-13H2,1-5H3. The summed E-state index contributed by atoms with van der Waals surface area (Å²) in [7, 11) is -1.05. The van der Waals surface area contributed by atoms with Crippen LogP contribution in [0, 0.1) is 25.2 Å². The van der Waals surface area contributed by atoms with E-state index in [1.54, 1.807) is 0 Å². The highest BCUT2D eigenvalue weighted by Gasteiger charge is 2.20. The molecule has 0 fully saturated rings. The van der Waals surface area contributed by atoms with Crippen LogP contribution in [-0.4, -0.2) is 51.2 Å². The molecule has 0 bridgehead atoms. The highest BCUT2D eigenvalue weighted by Crippen LogP contribution is 2.23. The van der Waals surface area contributed by atoms with Gasteiger partial charge in [0, 0.05) is 22.2 Å². The smallest absolute Gasteiger partial charge is 0.316 e. The van der Waals surface area contributed by atoms with Crippen molar-refractivity contribution in [1.29, 1.82) is 5.26 Å². The zero-order chi connectivity index (χ0) is 21.1. The Bertz CT molecular complexity index is 717. The second-order valence-electron chi connectivity index (χ2n) is 6.82. The van der Waals surface area contributed by atoms with Crippen LogP contribution in [0.4, 0.5) is 0 Å². The van der Waals surface area contributed by atoms with Gasteiger partial charge in [0.05, 0.1) is 29.8 Å². The molecule has 8 heteroatoms. The lowest BCUT2D eigenvalue weighted by atomic mass is 10.1. The van der Waals surface area contributed by atoms with Crippen LogP contribution in [0.1, 0.15) is 50.4 Å². The average molecular weight is 427 g/mol. The summed E-state index contributed by atoms with van der Waals surface area (Å²) in [6, 6.07) is 3.98. The number of hydrogen-bond acceptors (Lipinski definition) is 7. The van der Waals surface area contributed by atoms with Crippen LogP contribution in [0.15, 0.2) is 11.1 Å². The van der Waals surface area contributed by atoms with Crippen LogP contribution in [0.25, 0.3) is 0 Å². The first kappa shape index (κ1) is 24.6. The third-order valence-corrected chi connectivity index (χ3v) is 6.20. The number of thioether (sulfide) groups is 1. The van der Waals surface area contributed by atoms with Gasteiger partial charge in [-0.1, -0.05) is 25.1 Å². The second-order valence-corrected chi connectivity index (χ2v) is 9.40. The van der Waals surface area contributed by atoms with Gasteiger partial charge >= 0.3 is 5.97 Å². The number of ether oxygens (including phenoxy) is 2. The zero-order valence-corrected chi connectivity index (χ0v) is 19.0. The molecule has 6 nitrogen and oxygen atoms in total. The molecule has 2 atom stereocenters. The van der Waals surface area contributed by atoms with Crippen molar-refractivity contribution in [2.24, 2.45) is 0 Å². The monoisotopic (exact) mass is 426 g/mol. The van der Waals surface area contributed by atoms with Gasteiger partial charge in [-0.25, -0.2) is 4.98 Å². The number of esters is 1. The van der Waals surface area contributed by atoms with Gasteiger partial charge in [-0.3, -0.25) is 9.00 Å². The lowest BCUT2D eigenvalue weighted by molar-refractivity contribution is -0.148. The number of hydrogen-bond donors (Lipinski definition) is 0. The van der Waals surface area contributed by atoms with Crippen LogP contribution in [0.3, 0.4) is 0 Å². The number of nitrogens with zero attached hydrogens (tertiary/aromatic N) is 2. The molecule has 1 aromatic heterocycles. The Morgan fingerprint density at radius 1 is 1.39 bits per heavy atom. The van der Waals surface area contributed by atoms with E-state index in [0.717, 1.165) is 24.1 Å². The van der Waals surface area contributed by atoms with Gasteiger partial charge in [-0.15, -0.1) is 0 Å². The Balaban J connectivity index is 2.69. The number of pyridine rings is 1. The maximum Gasteiger partial charge on any atom is 0.316 e. The predicted molar refractivity (Wildman–Crippen MR) is 113 cm³/mol. The van der Waals surface area contributed by atoms with Crippen molar-refractivity contribution >= 4 is 28.5 Å². The molecule has 0 spiro atoms. The van der Waals surface area contributed by atoms with E-state index >= 15 is 0 Å². The summed E-state index contributed by atoms with van der Waals surface area (Å²) in [6.45, 7) is 9.76. The number of carbonyl (C=O) groups excluding carboxylic acids is 1. The summed E-state index contributed by atoms with van der Waals surface area (Å²) >= 11 is 1.18. The molecule has 0 N–H and O–H groups in total. The molecule has 1 aromatic rings. The molecule has 0 radical (unpaired) electrons. The van der Waals surface area contributed by atoms with Gasteiger partial charge in [-0.2, -0.15) is 5.26 Å². The highest BCUT2D eigenvalue weighted by atomic mass is 32.2. The van der Waals surface area contributed by atoms with Crippen LogP contribution in [0.2, 0.25) is 0 Å². The van der Waals surface area contributed by atoms with Crippen molar-refractivity contribution < 1.29 is 18.5 Å². The van der Waals surface area contributed by atoms with E-state index < -0.39 is 22.9 Å². The number of carbonyl (C=O) groups is 1. The van der Waals surface area contributed by atoms with Crippen molar-refractivity contribution in [2.45, 2.75) is 64.7 Å². The molecule has 156 valence electrons. The quantitative estimate of drug-likeness (QED) is 0.373. The Morgan fingerprint density at radius 3 is 2.71 bits per heavy atom. The Kier molecular flexibility index (Phi) is 11.4. The molecule has 0 aliphatic carbocycles. The maximum absolute atomic E-state index is 12.3. The fraction of sp³-hybridized carbons (Fsp3) is 0.650. The zero-order valence-electron chi connectivity index (χ0n) is 17.3. The molecule has 0 amide bonds. The van der Waals surface area contributed by atoms with Crippen molar-refractivity contribution in [3.8, 4) is 6.07 Å². The van der Waals surface area contributed by atoms with Gasteiger partial charge in [0.15, 0.2) is 0 Å². The SMILES string of the molecule is CCCCS(=O)CC(COC(C)C)OC(=O)CSc1nc(C)cc(C)c1C#N. The normalized spacial score (nSPS) is 13.2. The molecular weight excluding hydrogens is 396 g/mol. The molecule has 0 aromatic carbocycles. The van der Waals surface area contributed by atoms with E-state index in [4.69, 9.17) is 9.47 Å². The Hall–Kier alpha value is -1.43. The van der Waals surface area contributed by atoms with E-state index in [-0.39, 0.29) is 24.2 Å². The summed E-state index contributed by atoms with van der Waals surface area (Å²) in [5.41, 5.74) is 2.10. The first-order valence-corrected chi connectivity index (χ1v) is 11.9. The minimum atomic E-state index is -1.05. The van der Waals surface area contributed by atoms with Crippen LogP contribution in [0.5, 0.6) is 0 Å². The Labute approximate surface area is 174 Å². The van der Waals surface area contributed by atoms with E-state index in [2.05, 4.69) is 11.1 Å². The van der Waals surface area contributed by atoms with E-state index in [1.807, 2.05) is 40.7 Å². The number of aromatic nitrogens is 1. The van der Waals surface area contributed by atoms with Crippen LogP contribution in [-0.2, 0) is 25.1 Å². The van der Waals surface area contributed by atoms with E-state index in [1.165, 1.54) is 11.8 Å². The van der Waals surface area contributed by atoms with Gasteiger partial charge < -0.3 is 9.47 Å². The summed E-state index contributed by atoms with van der Waals surface area (Å²) in [4.78, 5) is 16.7. The van der Waals surface area contributed by atoms with Crippen molar-refractivity contribution in [3.05, 3.63) is 22.9 Å². The molecule has 0 aliphatic rings. The third-order valence-electron chi connectivity index (χ3n) is 3.76. The van der Waals surface area contributed by atoms with Crippen LogP contribution >= 0.6 is 11.8 Å². The minimum absolute atomic E-state index is 0.00249. The van der Waals surface area contributed by atoms with E-state index in [0.29, 0.717) is 16.3 Å². The largest absolute Gasteiger partial charge is 0.458 e. The van der Waals surface area contributed by atoms with Gasteiger partial charge in [0.25, 0.3) is 0 Å². The summed E-state index contributed by atoms with van der Waals surface area (Å²) in [5.74, 6) is 0.470. The molecule has 0 saturated heterocycles. The number of rotatable bonds is 12. The molecule has 2 unspecified atom stereocenters. The molecule has 0 aliphatic heterocycles. The first-order valence-electron chi connectivity index (χ1n) is 9.44. The fourth-order valence-electron chi connectivity index (χ4n) is 2.40. The third kappa shape index (κ3) is 9.18. The first-order chi connectivity index (χ1) is 13.3. The number of aryl methyl sites for hydroxylation is 2. The Morgan fingerprint density at radius 2 is 2.11 bits per heavy atom. The second kappa shape index (κ2) is 12.9. The molecule has 1 heterocycles. The summed E-state index contributed by atoms with van der Waals surface area (Å²) in [6.07, 6.45) is 1.30. The van der Waals surface area contributed by atoms with Crippen molar-refractivity contribution in [2.75, 3.05) is 23.9 Å². The predicted octanol–water partition coefficient (Wildman–Crippen LogP) is 3.55. The summed E-state index contributed by atoms with van der Waals surface area (Å²) < 4.78 is 23.3. The number of nitriles is 1. The topological polar surface area (TPSA) is 89.3 Å². The average Bonchev–Trinajstić information content (AvgIpc) is 2.62. The van der Waals surface area contributed by atoms with E-state index in [9.17, 15) is 14.3 Å².